The molecule has 0 unspecified atom stereocenters. The molecule has 0 aliphatic carbocycles. The number of nitrogens with zero attached hydrogens (tertiary/aromatic N) is 1. The van der Waals surface area contributed by atoms with Gasteiger partial charge in [-0.1, -0.05) is 0 Å². The van der Waals surface area contributed by atoms with Crippen LogP contribution in [-0.4, -0.2) is 49.5 Å². The summed E-state index contributed by atoms with van der Waals surface area (Å²) >= 11 is 0. The molecule has 1 amide bonds. The van der Waals surface area contributed by atoms with Gasteiger partial charge in [-0.15, -0.1) is 0 Å². The van der Waals surface area contributed by atoms with E-state index in [9.17, 15) is 14.4 Å². The van der Waals surface area contributed by atoms with E-state index in [1.165, 1.54) is 7.11 Å². The Hall–Kier alpha value is -1.59. The minimum Gasteiger partial charge on any atom is -0.467 e. The topological polar surface area (TPSA) is 72.9 Å². The third-order valence-corrected chi connectivity index (χ3v) is 1.98. The molecule has 1 aliphatic rings. The van der Waals surface area contributed by atoms with Crippen LogP contribution in [0.25, 0.3) is 0 Å². The van der Waals surface area contributed by atoms with Crippen LogP contribution in [0.3, 0.4) is 0 Å². The fourth-order valence-electron chi connectivity index (χ4n) is 1.31. The van der Waals surface area contributed by atoms with Gasteiger partial charge in [0.25, 0.3) is 0 Å². The Kier molecular flexibility index (Phi) is 2.62. The van der Waals surface area contributed by atoms with Crippen LogP contribution in [0.2, 0.25) is 0 Å². The van der Waals surface area contributed by atoms with Crippen molar-refractivity contribution in [3.8, 4) is 0 Å². The molecule has 1 fully saturated rings. The van der Waals surface area contributed by atoms with E-state index >= 15 is 0 Å². The number of methoxy groups -OCH3 is 2. The van der Waals surface area contributed by atoms with E-state index in [1.54, 1.807) is 0 Å². The highest BCUT2D eigenvalue weighted by molar-refractivity contribution is 5.95. The minimum atomic E-state index is -0.915. The lowest BCUT2D eigenvalue weighted by Crippen LogP contribution is -2.41. The summed E-state index contributed by atoms with van der Waals surface area (Å²) in [6, 6.07) is -0.915. The van der Waals surface area contributed by atoms with Gasteiger partial charge in [0.15, 0.2) is 5.78 Å². The van der Waals surface area contributed by atoms with E-state index in [1.807, 2.05) is 0 Å². The van der Waals surface area contributed by atoms with Gasteiger partial charge in [-0.25, -0.2) is 9.59 Å². The predicted octanol–water partition coefficient (Wildman–Crippen LogP) is -0.431. The standard InChI is InChI=1S/C8H11NO5/c1-13-7(11)6-3-5(10)4-9(6)8(12)14-2/h6H,3-4H2,1-2H3/t6-/m0/s1/i2D. The maximum Gasteiger partial charge on any atom is 0.410 e. The average molecular weight is 202 g/mol. The third-order valence-electron chi connectivity index (χ3n) is 1.98. The maximum atomic E-state index is 11.2. The smallest absolute Gasteiger partial charge is 0.410 e. The Morgan fingerprint density at radius 2 is 2.29 bits per heavy atom. The lowest BCUT2D eigenvalue weighted by molar-refractivity contribution is -0.145. The van der Waals surface area contributed by atoms with Crippen LogP contribution in [0, 0.1) is 0 Å². The Bertz CT molecular complexity index is 293. The minimum absolute atomic E-state index is 0.0558. The second kappa shape index (κ2) is 4.08. The Balaban J connectivity index is 2.72. The van der Waals surface area contributed by atoms with Crippen molar-refractivity contribution in [1.82, 2.24) is 4.90 Å². The fraction of sp³-hybridized carbons (Fsp3) is 0.625. The van der Waals surface area contributed by atoms with Gasteiger partial charge < -0.3 is 9.47 Å². The first-order valence-electron chi connectivity index (χ1n) is 4.63. The zero-order valence-electron chi connectivity index (χ0n) is 8.69. The number of rotatable bonds is 1. The van der Waals surface area contributed by atoms with Gasteiger partial charge >= 0.3 is 12.1 Å². The van der Waals surface area contributed by atoms with Crippen molar-refractivity contribution >= 4 is 17.8 Å². The molecule has 0 radical (unpaired) electrons. The number of likely N-dealkylation sites (tertiary alicyclic amines) is 1. The van der Waals surface area contributed by atoms with Crippen molar-refractivity contribution in [2.75, 3.05) is 20.7 Å². The van der Waals surface area contributed by atoms with E-state index < -0.39 is 25.2 Å². The first kappa shape index (κ1) is 8.98. The third kappa shape index (κ3) is 1.84. The van der Waals surface area contributed by atoms with Crippen LogP contribution in [0.4, 0.5) is 4.79 Å². The molecule has 0 bridgehead atoms. The van der Waals surface area contributed by atoms with Crippen LogP contribution in [0.1, 0.15) is 7.79 Å². The Morgan fingerprint density at radius 1 is 1.57 bits per heavy atom. The number of carbonyl (C=O) groups excluding carboxylic acids is 3. The van der Waals surface area contributed by atoms with Crippen molar-refractivity contribution < 1.29 is 25.2 Å². The van der Waals surface area contributed by atoms with Gasteiger partial charge in [0.1, 0.15) is 6.04 Å². The highest BCUT2D eigenvalue weighted by Crippen LogP contribution is 2.16. The van der Waals surface area contributed by atoms with E-state index in [0.29, 0.717) is 0 Å². The van der Waals surface area contributed by atoms with Crippen LogP contribution in [0.15, 0.2) is 0 Å². The predicted molar refractivity (Wildman–Crippen MR) is 44.5 cm³/mol. The summed E-state index contributed by atoms with van der Waals surface area (Å²) in [5.41, 5.74) is 0. The molecule has 0 aromatic carbocycles. The summed E-state index contributed by atoms with van der Waals surface area (Å²) < 4.78 is 15.5. The number of hydrogen-bond acceptors (Lipinski definition) is 5. The first-order valence-corrected chi connectivity index (χ1v) is 3.92. The van der Waals surface area contributed by atoms with Crippen molar-refractivity contribution in [2.24, 2.45) is 0 Å². The summed E-state index contributed by atoms with van der Waals surface area (Å²) in [7, 11) is 0.635. The van der Waals surface area contributed by atoms with Crippen LogP contribution >= 0.6 is 0 Å². The Labute approximate surface area is 82.2 Å². The normalized spacial score (nSPS) is 21.8. The molecule has 6 heteroatoms. The summed E-state index contributed by atoms with van der Waals surface area (Å²) in [5.74, 6) is -0.880. The van der Waals surface area contributed by atoms with Crippen LogP contribution in [0.5, 0.6) is 0 Å². The van der Waals surface area contributed by atoms with Gasteiger partial charge in [-0.05, 0) is 0 Å². The first-order chi connectivity index (χ1) is 7.10. The van der Waals surface area contributed by atoms with E-state index in [2.05, 4.69) is 9.47 Å². The number of ketones is 1. The molecule has 0 N–H and O–H groups in total. The Morgan fingerprint density at radius 3 is 2.86 bits per heavy atom. The highest BCUT2D eigenvalue weighted by Gasteiger charge is 2.40. The second-order valence-electron chi connectivity index (χ2n) is 2.82. The number of Topliss-reactive ketones (excluding diaryl/α,β-unsaturated/α-hetero) is 1. The molecule has 14 heavy (non-hydrogen) atoms. The van der Waals surface area contributed by atoms with Gasteiger partial charge in [0.05, 0.1) is 22.1 Å². The number of ether oxygens (including phenoxy) is 2. The van der Waals surface area contributed by atoms with Gasteiger partial charge in [0.2, 0.25) is 0 Å². The number of amides is 1. The monoisotopic (exact) mass is 202 g/mol. The molecular formula is C8H11NO5. The quantitative estimate of drug-likeness (QED) is 0.539. The van der Waals surface area contributed by atoms with E-state index in [4.69, 9.17) is 1.37 Å². The number of hydrogen-bond donors (Lipinski definition) is 0. The summed E-state index contributed by atoms with van der Waals surface area (Å²) in [5, 5.41) is 0. The molecular weight excluding hydrogens is 190 g/mol. The molecule has 1 aliphatic heterocycles. The van der Waals surface area contributed by atoms with Crippen LogP contribution in [-0.2, 0) is 19.1 Å². The van der Waals surface area contributed by atoms with E-state index in [-0.39, 0.29) is 18.7 Å². The largest absolute Gasteiger partial charge is 0.467 e. The average Bonchev–Trinajstić information content (AvgIpc) is 2.59. The molecule has 0 spiro atoms. The highest BCUT2D eigenvalue weighted by atomic mass is 16.5. The molecule has 1 atom stereocenters. The molecule has 1 saturated heterocycles. The molecule has 0 saturated carbocycles. The van der Waals surface area contributed by atoms with Crippen molar-refractivity contribution in [1.29, 1.82) is 0 Å². The van der Waals surface area contributed by atoms with Gasteiger partial charge in [-0.3, -0.25) is 9.69 Å². The molecule has 1 heterocycles. The number of esters is 1. The zero-order valence-corrected chi connectivity index (χ0v) is 7.69. The fourth-order valence-corrected chi connectivity index (χ4v) is 1.31. The van der Waals surface area contributed by atoms with Crippen molar-refractivity contribution in [3.63, 3.8) is 0 Å². The summed E-state index contributed by atoms with van der Waals surface area (Å²) in [6.07, 6.45) is -0.897. The van der Waals surface area contributed by atoms with Crippen molar-refractivity contribution in [3.05, 3.63) is 0 Å². The molecule has 0 aromatic heterocycles. The van der Waals surface area contributed by atoms with E-state index in [0.717, 1.165) is 4.90 Å². The molecule has 78 valence electrons. The second-order valence-corrected chi connectivity index (χ2v) is 2.82. The molecule has 6 nitrogen and oxygen atoms in total. The van der Waals surface area contributed by atoms with Gasteiger partial charge in [0, 0.05) is 6.42 Å². The molecule has 0 aromatic rings. The lowest BCUT2D eigenvalue weighted by Gasteiger charge is -2.19. The lowest BCUT2D eigenvalue weighted by atomic mass is 10.2. The van der Waals surface area contributed by atoms with Gasteiger partial charge in [-0.2, -0.15) is 0 Å². The SMILES string of the molecule is [2H]COC(=O)N1CC(=O)C[C@H]1C(=O)OC. The molecule has 1 rings (SSSR count). The zero-order chi connectivity index (χ0) is 11.4. The summed E-state index contributed by atoms with van der Waals surface area (Å²) in [4.78, 5) is 34.5. The van der Waals surface area contributed by atoms with Crippen LogP contribution < -0.4 is 0 Å². The van der Waals surface area contributed by atoms with Crippen molar-refractivity contribution in [2.45, 2.75) is 12.5 Å². The number of carbonyl (C=O) groups is 3. The maximum absolute atomic E-state index is 11.2. The summed E-state index contributed by atoms with van der Waals surface area (Å²) in [6.45, 7) is -0.168.